The zero-order valence-corrected chi connectivity index (χ0v) is 15.2. The average Bonchev–Trinajstić information content (AvgIpc) is 3.12. The molecule has 2 aromatic carbocycles. The predicted octanol–water partition coefficient (Wildman–Crippen LogP) is 3.99. The van der Waals surface area contributed by atoms with E-state index in [9.17, 15) is 18.0 Å². The maximum absolute atomic E-state index is 13.0. The van der Waals surface area contributed by atoms with Crippen LogP contribution in [0.2, 0.25) is 0 Å². The Bertz CT molecular complexity index is 1230. The van der Waals surface area contributed by atoms with Gasteiger partial charge in [0.15, 0.2) is 5.82 Å². The van der Waals surface area contributed by atoms with Gasteiger partial charge in [0.05, 0.1) is 11.3 Å². The number of H-pyrrole nitrogens is 1. The number of alkyl halides is 3. The van der Waals surface area contributed by atoms with E-state index in [1.165, 1.54) is 29.6 Å². The van der Waals surface area contributed by atoms with Crippen molar-refractivity contribution in [1.29, 1.82) is 0 Å². The van der Waals surface area contributed by atoms with E-state index < -0.39 is 17.3 Å². The van der Waals surface area contributed by atoms with Crippen LogP contribution in [0.4, 0.5) is 13.2 Å². The number of benzene rings is 2. The van der Waals surface area contributed by atoms with Gasteiger partial charge in [0.2, 0.25) is 0 Å². The average molecular weight is 400 g/mol. The van der Waals surface area contributed by atoms with Crippen LogP contribution in [0.3, 0.4) is 0 Å². The number of rotatable bonds is 4. The summed E-state index contributed by atoms with van der Waals surface area (Å²) in [5.74, 6) is 0.700. The molecule has 2 heterocycles. The minimum Gasteiger partial charge on any atom is -0.487 e. The zero-order valence-electron chi connectivity index (χ0n) is 15.2. The Labute approximate surface area is 162 Å². The van der Waals surface area contributed by atoms with Crippen LogP contribution in [0.5, 0.6) is 5.75 Å². The Morgan fingerprint density at radius 3 is 2.55 bits per heavy atom. The van der Waals surface area contributed by atoms with Crippen molar-refractivity contribution in [3.63, 3.8) is 0 Å². The lowest BCUT2D eigenvalue weighted by Gasteiger charge is -2.14. The third kappa shape index (κ3) is 3.71. The molecule has 0 aliphatic heterocycles. The van der Waals surface area contributed by atoms with Crippen molar-refractivity contribution < 1.29 is 17.9 Å². The summed E-state index contributed by atoms with van der Waals surface area (Å²) >= 11 is 0. The Balaban J connectivity index is 1.62. The van der Waals surface area contributed by atoms with Crippen LogP contribution in [0.25, 0.3) is 17.2 Å². The van der Waals surface area contributed by atoms with Crippen LogP contribution in [0.15, 0.2) is 59.4 Å². The van der Waals surface area contributed by atoms with Crippen molar-refractivity contribution in [2.45, 2.75) is 19.7 Å². The van der Waals surface area contributed by atoms with E-state index in [2.05, 4.69) is 15.1 Å². The summed E-state index contributed by atoms with van der Waals surface area (Å²) in [6, 6.07) is 14.2. The monoisotopic (exact) mass is 400 g/mol. The van der Waals surface area contributed by atoms with Crippen LogP contribution in [0.1, 0.15) is 16.8 Å². The van der Waals surface area contributed by atoms with Crippen molar-refractivity contribution in [1.82, 2.24) is 19.6 Å². The second-order valence-corrected chi connectivity index (χ2v) is 6.37. The van der Waals surface area contributed by atoms with Crippen molar-refractivity contribution >= 4 is 5.78 Å². The van der Waals surface area contributed by atoms with Gasteiger partial charge in [-0.25, -0.2) is 4.98 Å². The number of hydrogen-bond donors (Lipinski definition) is 1. The Kier molecular flexibility index (Phi) is 4.57. The molecule has 0 amide bonds. The van der Waals surface area contributed by atoms with Gasteiger partial charge in [0.25, 0.3) is 11.3 Å². The lowest BCUT2D eigenvalue weighted by molar-refractivity contribution is -0.138. The molecule has 4 rings (SSSR count). The first-order valence-electron chi connectivity index (χ1n) is 8.66. The van der Waals surface area contributed by atoms with Crippen molar-refractivity contribution in [3.8, 4) is 17.1 Å². The summed E-state index contributed by atoms with van der Waals surface area (Å²) in [5, 5.41) is 2.88. The summed E-state index contributed by atoms with van der Waals surface area (Å²) in [6.07, 6.45) is -4.47. The summed E-state index contributed by atoms with van der Waals surface area (Å²) < 4.78 is 45.8. The third-order valence-corrected chi connectivity index (χ3v) is 4.40. The quantitative estimate of drug-likeness (QED) is 0.562. The van der Waals surface area contributed by atoms with Gasteiger partial charge in [-0.3, -0.25) is 9.89 Å². The van der Waals surface area contributed by atoms with Crippen molar-refractivity contribution in [3.05, 3.63) is 81.8 Å². The smallest absolute Gasteiger partial charge is 0.416 e. The van der Waals surface area contributed by atoms with Gasteiger partial charge in [0.1, 0.15) is 12.4 Å². The highest BCUT2D eigenvalue weighted by Gasteiger charge is 2.33. The summed E-state index contributed by atoms with van der Waals surface area (Å²) in [4.78, 5) is 20.9. The van der Waals surface area contributed by atoms with Crippen LogP contribution in [-0.4, -0.2) is 19.6 Å². The summed E-state index contributed by atoms with van der Waals surface area (Å²) in [7, 11) is 0. The van der Waals surface area contributed by atoms with Gasteiger partial charge in [-0.2, -0.15) is 22.7 Å². The SMILES string of the molecule is Cc1c(OCc2cc(=O)n3[nH]c(-c4ccccc4)nc3n2)cccc1C(F)(F)F. The van der Waals surface area contributed by atoms with E-state index in [-0.39, 0.29) is 29.4 Å². The lowest BCUT2D eigenvalue weighted by atomic mass is 10.1. The molecule has 0 saturated carbocycles. The Morgan fingerprint density at radius 2 is 1.83 bits per heavy atom. The molecule has 0 unspecified atom stereocenters. The first-order chi connectivity index (χ1) is 13.8. The highest BCUT2D eigenvalue weighted by atomic mass is 19.4. The molecular weight excluding hydrogens is 385 g/mol. The van der Waals surface area contributed by atoms with Gasteiger partial charge in [-0.05, 0) is 19.1 Å². The number of ether oxygens (including phenoxy) is 1. The third-order valence-electron chi connectivity index (χ3n) is 4.40. The van der Waals surface area contributed by atoms with Crippen LogP contribution in [0, 0.1) is 6.92 Å². The van der Waals surface area contributed by atoms with Crippen LogP contribution >= 0.6 is 0 Å². The van der Waals surface area contributed by atoms with E-state index in [1.54, 1.807) is 0 Å². The van der Waals surface area contributed by atoms with Crippen molar-refractivity contribution in [2.24, 2.45) is 0 Å². The number of hydrogen-bond acceptors (Lipinski definition) is 4. The van der Waals surface area contributed by atoms with Gasteiger partial charge >= 0.3 is 6.18 Å². The number of aromatic amines is 1. The highest BCUT2D eigenvalue weighted by Crippen LogP contribution is 2.35. The van der Waals surface area contributed by atoms with E-state index in [0.717, 1.165) is 11.6 Å². The van der Waals surface area contributed by atoms with Crippen LogP contribution < -0.4 is 10.3 Å². The van der Waals surface area contributed by atoms with E-state index in [0.29, 0.717) is 5.82 Å². The number of aromatic nitrogens is 4. The van der Waals surface area contributed by atoms with Crippen molar-refractivity contribution in [2.75, 3.05) is 0 Å². The number of nitrogens with zero attached hydrogens (tertiary/aromatic N) is 3. The second kappa shape index (κ2) is 7.08. The fraction of sp³-hybridized carbons (Fsp3) is 0.150. The van der Waals surface area contributed by atoms with E-state index in [1.807, 2.05) is 30.3 Å². The first kappa shape index (κ1) is 18.7. The molecular formula is C20H15F3N4O2. The molecule has 0 saturated heterocycles. The minimum atomic E-state index is -4.47. The molecule has 0 fully saturated rings. The molecule has 1 N–H and O–H groups in total. The Morgan fingerprint density at radius 1 is 1.07 bits per heavy atom. The highest BCUT2D eigenvalue weighted by molar-refractivity contribution is 5.56. The standard InChI is InChI=1S/C20H15F3N4O2/c1-12-15(20(21,22)23)8-5-9-16(12)29-11-14-10-17(28)27-19(24-14)25-18(26-27)13-6-3-2-4-7-13/h2-10H,11H2,1H3,(H,24,25,26). The molecule has 0 atom stereocenters. The number of fused-ring (bicyclic) bond motifs is 1. The number of nitrogens with one attached hydrogen (secondary N) is 1. The summed E-state index contributed by atoms with van der Waals surface area (Å²) in [6.45, 7) is 1.17. The minimum absolute atomic E-state index is 0.0241. The number of halogens is 3. The largest absolute Gasteiger partial charge is 0.487 e. The molecule has 148 valence electrons. The van der Waals surface area contributed by atoms with Gasteiger partial charge in [-0.15, -0.1) is 0 Å². The molecule has 4 aromatic rings. The second-order valence-electron chi connectivity index (χ2n) is 6.37. The fourth-order valence-electron chi connectivity index (χ4n) is 2.96. The molecule has 0 radical (unpaired) electrons. The molecule has 0 aliphatic carbocycles. The molecule has 6 nitrogen and oxygen atoms in total. The van der Waals surface area contributed by atoms with E-state index >= 15 is 0 Å². The molecule has 0 bridgehead atoms. The first-order valence-corrected chi connectivity index (χ1v) is 8.66. The molecule has 0 aliphatic rings. The molecule has 2 aromatic heterocycles. The topological polar surface area (TPSA) is 72.3 Å². The van der Waals surface area contributed by atoms with Crippen LogP contribution in [-0.2, 0) is 12.8 Å². The fourth-order valence-corrected chi connectivity index (χ4v) is 2.96. The van der Waals surface area contributed by atoms with Gasteiger partial charge in [-0.1, -0.05) is 36.4 Å². The normalized spacial score (nSPS) is 11.7. The molecule has 29 heavy (non-hydrogen) atoms. The summed E-state index contributed by atoms with van der Waals surface area (Å²) in [5.41, 5.74) is -0.140. The maximum atomic E-state index is 13.0. The maximum Gasteiger partial charge on any atom is 0.416 e. The zero-order chi connectivity index (χ0) is 20.6. The lowest BCUT2D eigenvalue weighted by Crippen LogP contribution is -2.17. The molecule has 9 heteroatoms. The van der Waals surface area contributed by atoms with Gasteiger partial charge in [0, 0.05) is 17.2 Å². The molecule has 0 spiro atoms. The Hall–Kier alpha value is -3.62. The predicted molar refractivity (Wildman–Crippen MR) is 99.6 cm³/mol. The van der Waals surface area contributed by atoms with Gasteiger partial charge < -0.3 is 4.74 Å². The van der Waals surface area contributed by atoms with E-state index in [4.69, 9.17) is 4.74 Å².